The summed E-state index contributed by atoms with van der Waals surface area (Å²) in [4.78, 5) is 2.37. The second-order valence-electron chi connectivity index (χ2n) is 7.93. The summed E-state index contributed by atoms with van der Waals surface area (Å²) in [6.45, 7) is 14.3. The minimum absolute atomic E-state index is 0.242. The molecule has 0 aliphatic carbocycles. The van der Waals surface area contributed by atoms with Crippen LogP contribution in [-0.4, -0.2) is 59.4 Å². The Kier molecular flexibility index (Phi) is 6.48. The van der Waals surface area contributed by atoms with Crippen LogP contribution in [0.2, 0.25) is 18.1 Å². The van der Waals surface area contributed by atoms with Gasteiger partial charge in [0.1, 0.15) is 9.84 Å². The summed E-state index contributed by atoms with van der Waals surface area (Å²) >= 11 is 0. The molecule has 0 radical (unpaired) electrons. The maximum absolute atomic E-state index is 11.2. The largest absolute Gasteiger partial charge is 0.413 e. The van der Waals surface area contributed by atoms with Crippen molar-refractivity contribution in [3.8, 4) is 0 Å². The average Bonchev–Trinajstić information content (AvgIpc) is 2.25. The highest BCUT2D eigenvalue weighted by Gasteiger charge is 2.39. The van der Waals surface area contributed by atoms with E-state index in [1.54, 1.807) is 0 Å². The van der Waals surface area contributed by atoms with E-state index in [-0.39, 0.29) is 10.8 Å². The Hall–Kier alpha value is 0.0869. The molecule has 4 nitrogen and oxygen atoms in total. The predicted molar refractivity (Wildman–Crippen MR) is 92.1 cm³/mol. The molecule has 0 unspecified atom stereocenters. The zero-order chi connectivity index (χ0) is 16.3. The van der Waals surface area contributed by atoms with E-state index in [2.05, 4.69) is 38.8 Å². The van der Waals surface area contributed by atoms with Crippen molar-refractivity contribution in [3.63, 3.8) is 0 Å². The van der Waals surface area contributed by atoms with E-state index in [0.29, 0.717) is 6.10 Å². The van der Waals surface area contributed by atoms with Gasteiger partial charge in [0.05, 0.1) is 11.9 Å². The summed E-state index contributed by atoms with van der Waals surface area (Å²) in [5, 5.41) is 0.242. The summed E-state index contributed by atoms with van der Waals surface area (Å²) in [5.74, 6) is 0.289. The van der Waals surface area contributed by atoms with Crippen LogP contribution in [0.4, 0.5) is 0 Å². The van der Waals surface area contributed by atoms with Crippen molar-refractivity contribution in [2.75, 3.05) is 31.6 Å². The monoisotopic (exact) mass is 335 g/mol. The Morgan fingerprint density at radius 3 is 2.43 bits per heavy atom. The Labute approximate surface area is 132 Å². The quantitative estimate of drug-likeness (QED) is 0.700. The maximum Gasteiger partial charge on any atom is 0.192 e. The van der Waals surface area contributed by atoms with Crippen molar-refractivity contribution in [1.82, 2.24) is 4.90 Å². The fourth-order valence-electron chi connectivity index (χ4n) is 2.46. The molecule has 1 aliphatic rings. The van der Waals surface area contributed by atoms with E-state index in [1.807, 2.05) is 0 Å². The topological polar surface area (TPSA) is 46.6 Å². The summed E-state index contributed by atoms with van der Waals surface area (Å²) in [6, 6.07) is 0. The molecule has 0 N–H and O–H groups in total. The lowest BCUT2D eigenvalue weighted by atomic mass is 10.1. The first-order chi connectivity index (χ1) is 9.41. The first-order valence-electron chi connectivity index (χ1n) is 7.99. The van der Waals surface area contributed by atoms with Gasteiger partial charge in [-0.15, -0.1) is 0 Å². The van der Waals surface area contributed by atoms with Gasteiger partial charge in [-0.05, 0) is 50.5 Å². The van der Waals surface area contributed by atoms with E-state index in [4.69, 9.17) is 4.43 Å². The number of hydrogen-bond acceptors (Lipinski definition) is 4. The van der Waals surface area contributed by atoms with Gasteiger partial charge in [0.15, 0.2) is 8.32 Å². The zero-order valence-corrected chi connectivity index (χ0v) is 16.4. The normalized spacial score (nSPS) is 22.5. The van der Waals surface area contributed by atoms with Gasteiger partial charge in [-0.2, -0.15) is 0 Å². The molecule has 0 amide bonds. The fraction of sp³-hybridized carbons (Fsp3) is 1.00. The summed E-state index contributed by atoms with van der Waals surface area (Å²) < 4.78 is 28.9. The first-order valence-corrected chi connectivity index (χ1v) is 13.0. The predicted octanol–water partition coefficient (Wildman–Crippen LogP) is 2.91. The molecule has 1 saturated heterocycles. The molecule has 1 rings (SSSR count). The van der Waals surface area contributed by atoms with Crippen LogP contribution in [0, 0.1) is 0 Å². The first kappa shape index (κ1) is 19.1. The molecular weight excluding hydrogens is 302 g/mol. The van der Waals surface area contributed by atoms with E-state index in [1.165, 1.54) is 6.26 Å². The fourth-order valence-corrected chi connectivity index (χ4v) is 4.49. The highest BCUT2D eigenvalue weighted by atomic mass is 32.2. The van der Waals surface area contributed by atoms with Gasteiger partial charge in [0, 0.05) is 12.8 Å². The van der Waals surface area contributed by atoms with Crippen molar-refractivity contribution < 1.29 is 12.8 Å². The molecule has 1 aliphatic heterocycles. The van der Waals surface area contributed by atoms with E-state index < -0.39 is 18.2 Å². The number of piperidine rings is 1. The Morgan fingerprint density at radius 2 is 1.90 bits per heavy atom. The molecule has 0 saturated carbocycles. The highest BCUT2D eigenvalue weighted by Crippen LogP contribution is 2.38. The number of likely N-dealkylation sites (tertiary alicyclic amines) is 1. The SMILES string of the molecule is CC(C)(C)[Si](C)(C)O[C@@H]1CCCN(CCCS(C)(=O)=O)C1. The van der Waals surface area contributed by atoms with Crippen molar-refractivity contribution in [2.45, 2.75) is 64.3 Å². The van der Waals surface area contributed by atoms with Crippen LogP contribution in [0.15, 0.2) is 0 Å². The van der Waals surface area contributed by atoms with Gasteiger partial charge in [0.25, 0.3) is 0 Å². The number of nitrogens with zero attached hydrogens (tertiary/aromatic N) is 1. The van der Waals surface area contributed by atoms with Crippen molar-refractivity contribution in [1.29, 1.82) is 0 Å². The Morgan fingerprint density at radius 1 is 1.29 bits per heavy atom. The van der Waals surface area contributed by atoms with E-state index in [0.717, 1.165) is 38.9 Å². The highest BCUT2D eigenvalue weighted by molar-refractivity contribution is 7.90. The summed E-state index contributed by atoms with van der Waals surface area (Å²) in [5.41, 5.74) is 0. The molecule has 1 heterocycles. The lowest BCUT2D eigenvalue weighted by Gasteiger charge is -2.42. The zero-order valence-electron chi connectivity index (χ0n) is 14.6. The number of sulfone groups is 1. The van der Waals surface area contributed by atoms with E-state index >= 15 is 0 Å². The van der Waals surface area contributed by atoms with Crippen molar-refractivity contribution >= 4 is 18.2 Å². The second-order valence-corrected chi connectivity index (χ2v) is 14.9. The van der Waals surface area contributed by atoms with Gasteiger partial charge in [0.2, 0.25) is 0 Å². The van der Waals surface area contributed by atoms with Crippen LogP contribution < -0.4 is 0 Å². The third-order valence-corrected chi connectivity index (χ3v) is 10.3. The second kappa shape index (κ2) is 7.11. The maximum atomic E-state index is 11.2. The standard InChI is InChI=1S/C15H33NO3SSi/c1-15(2,3)21(5,6)19-14-9-7-10-16(13-14)11-8-12-20(4,17)18/h14H,7-13H2,1-6H3/t14-/m1/s1. The minimum atomic E-state index is -2.84. The molecule has 0 bridgehead atoms. The third-order valence-electron chi connectivity index (χ3n) is 4.72. The van der Waals surface area contributed by atoms with Crippen LogP contribution in [0.25, 0.3) is 0 Å². The molecule has 21 heavy (non-hydrogen) atoms. The molecule has 1 fully saturated rings. The summed E-state index contributed by atoms with van der Waals surface area (Å²) in [6.07, 6.45) is 4.64. The molecule has 0 aromatic carbocycles. The lowest BCUT2D eigenvalue weighted by molar-refractivity contribution is 0.0783. The van der Waals surface area contributed by atoms with Gasteiger partial charge < -0.3 is 9.33 Å². The van der Waals surface area contributed by atoms with Crippen LogP contribution in [0.1, 0.15) is 40.0 Å². The summed E-state index contributed by atoms with van der Waals surface area (Å²) in [7, 11) is -4.54. The molecular formula is C15H33NO3SSi. The van der Waals surface area contributed by atoms with Gasteiger partial charge >= 0.3 is 0 Å². The smallest absolute Gasteiger partial charge is 0.192 e. The molecule has 6 heteroatoms. The Balaban J connectivity index is 2.46. The molecule has 0 aromatic heterocycles. The number of hydrogen-bond donors (Lipinski definition) is 0. The van der Waals surface area contributed by atoms with Crippen LogP contribution in [0.5, 0.6) is 0 Å². The number of rotatable bonds is 6. The van der Waals surface area contributed by atoms with Crippen LogP contribution in [0.3, 0.4) is 0 Å². The van der Waals surface area contributed by atoms with E-state index in [9.17, 15) is 8.42 Å². The van der Waals surface area contributed by atoms with Crippen LogP contribution >= 0.6 is 0 Å². The van der Waals surface area contributed by atoms with Gasteiger partial charge in [-0.1, -0.05) is 20.8 Å². The van der Waals surface area contributed by atoms with Gasteiger partial charge in [-0.25, -0.2) is 8.42 Å². The molecule has 126 valence electrons. The van der Waals surface area contributed by atoms with Crippen LogP contribution in [-0.2, 0) is 14.3 Å². The Bertz CT molecular complexity index is 429. The minimum Gasteiger partial charge on any atom is -0.413 e. The van der Waals surface area contributed by atoms with Gasteiger partial charge in [-0.3, -0.25) is 0 Å². The van der Waals surface area contributed by atoms with Crippen molar-refractivity contribution in [2.24, 2.45) is 0 Å². The average molecular weight is 336 g/mol. The molecule has 1 atom stereocenters. The van der Waals surface area contributed by atoms with Crippen molar-refractivity contribution in [3.05, 3.63) is 0 Å². The third kappa shape index (κ3) is 6.80. The lowest BCUT2D eigenvalue weighted by Crippen LogP contribution is -2.49. The molecule has 0 spiro atoms. The molecule has 0 aromatic rings.